The minimum atomic E-state index is -0.0646. The largest absolute Gasteiger partial charge is 0.490 e. The molecule has 1 aromatic heterocycles. The molecule has 4 rings (SSSR count). The zero-order valence-electron chi connectivity index (χ0n) is 18.0. The molecule has 1 aliphatic rings. The van der Waals surface area contributed by atoms with Crippen LogP contribution >= 0.6 is 11.8 Å². The summed E-state index contributed by atoms with van der Waals surface area (Å²) in [5.41, 5.74) is 3.88. The highest BCUT2D eigenvalue weighted by molar-refractivity contribution is 7.99. The van der Waals surface area contributed by atoms with E-state index < -0.39 is 0 Å². The number of hydrogen-bond acceptors (Lipinski definition) is 6. The van der Waals surface area contributed by atoms with E-state index in [0.29, 0.717) is 24.9 Å². The number of amides is 1. The fourth-order valence-electron chi connectivity index (χ4n) is 3.51. The lowest BCUT2D eigenvalue weighted by Crippen LogP contribution is -2.16. The van der Waals surface area contributed by atoms with E-state index >= 15 is 0 Å². The van der Waals surface area contributed by atoms with Gasteiger partial charge in [-0.05, 0) is 50.1 Å². The van der Waals surface area contributed by atoms with Crippen LogP contribution in [0.1, 0.15) is 24.5 Å². The van der Waals surface area contributed by atoms with Crippen LogP contribution in [0, 0.1) is 13.8 Å². The summed E-state index contributed by atoms with van der Waals surface area (Å²) >= 11 is 1.38. The highest BCUT2D eigenvalue weighted by atomic mass is 32.2. The first kappa shape index (κ1) is 21.2. The third kappa shape index (κ3) is 4.69. The Morgan fingerprint density at radius 1 is 1.10 bits per heavy atom. The summed E-state index contributed by atoms with van der Waals surface area (Å²) in [6, 6.07) is 11.8. The Labute approximate surface area is 186 Å². The summed E-state index contributed by atoms with van der Waals surface area (Å²) in [5, 5.41) is 12.4. The van der Waals surface area contributed by atoms with Crippen molar-refractivity contribution in [1.29, 1.82) is 0 Å². The Bertz CT molecular complexity index is 1080. The van der Waals surface area contributed by atoms with E-state index in [-0.39, 0.29) is 11.7 Å². The minimum absolute atomic E-state index is 0.0646. The molecule has 8 heteroatoms. The van der Waals surface area contributed by atoms with Crippen LogP contribution in [-0.4, -0.2) is 39.6 Å². The molecule has 0 saturated carbocycles. The first-order valence-electron chi connectivity index (χ1n) is 10.4. The number of ether oxygens (including phenoxy) is 2. The molecule has 3 aromatic rings. The maximum atomic E-state index is 12.5. The van der Waals surface area contributed by atoms with Crippen molar-refractivity contribution in [2.75, 3.05) is 24.3 Å². The highest BCUT2D eigenvalue weighted by Crippen LogP contribution is 2.34. The number of para-hydroxylation sites is 1. The van der Waals surface area contributed by atoms with E-state index in [1.807, 2.05) is 61.7 Å². The number of anilines is 1. The van der Waals surface area contributed by atoms with Crippen molar-refractivity contribution < 1.29 is 14.3 Å². The topological polar surface area (TPSA) is 78.3 Å². The summed E-state index contributed by atoms with van der Waals surface area (Å²) in [4.78, 5) is 12.5. The third-order valence-corrected chi connectivity index (χ3v) is 6.08. The van der Waals surface area contributed by atoms with Gasteiger partial charge >= 0.3 is 0 Å². The van der Waals surface area contributed by atoms with Gasteiger partial charge in [0.2, 0.25) is 5.91 Å². The van der Waals surface area contributed by atoms with Gasteiger partial charge in [-0.3, -0.25) is 4.79 Å². The van der Waals surface area contributed by atoms with Crippen LogP contribution in [0.2, 0.25) is 0 Å². The van der Waals surface area contributed by atoms with Crippen LogP contribution in [0.3, 0.4) is 0 Å². The Morgan fingerprint density at radius 2 is 1.84 bits per heavy atom. The number of fused-ring (bicyclic) bond motifs is 1. The molecule has 1 N–H and O–H groups in total. The molecule has 0 saturated heterocycles. The summed E-state index contributed by atoms with van der Waals surface area (Å²) in [7, 11) is 0. The second-order valence-electron chi connectivity index (χ2n) is 7.37. The Kier molecular flexibility index (Phi) is 6.46. The van der Waals surface area contributed by atoms with E-state index in [0.717, 1.165) is 46.1 Å². The number of benzene rings is 2. The van der Waals surface area contributed by atoms with Crippen LogP contribution in [0.5, 0.6) is 11.5 Å². The van der Waals surface area contributed by atoms with Crippen LogP contribution in [0.25, 0.3) is 11.4 Å². The van der Waals surface area contributed by atoms with Crippen molar-refractivity contribution in [3.8, 4) is 22.9 Å². The molecule has 2 heterocycles. The molecule has 0 fully saturated rings. The van der Waals surface area contributed by atoms with Gasteiger partial charge in [0.25, 0.3) is 0 Å². The number of carbonyl (C=O) groups excluding carboxylic acids is 1. The van der Waals surface area contributed by atoms with Gasteiger partial charge in [0.05, 0.1) is 19.0 Å². The molecule has 1 aliphatic heterocycles. The lowest BCUT2D eigenvalue weighted by molar-refractivity contribution is -0.113. The van der Waals surface area contributed by atoms with Crippen molar-refractivity contribution in [3.63, 3.8) is 0 Å². The van der Waals surface area contributed by atoms with Gasteiger partial charge in [-0.1, -0.05) is 30.0 Å². The van der Waals surface area contributed by atoms with Crippen LogP contribution in [-0.2, 0) is 11.3 Å². The fraction of sp³-hybridized carbons (Fsp3) is 0.348. The molecule has 0 radical (unpaired) electrons. The van der Waals surface area contributed by atoms with Crippen LogP contribution in [0.4, 0.5) is 5.69 Å². The number of rotatable bonds is 6. The molecular formula is C23H26N4O3S. The van der Waals surface area contributed by atoms with Crippen molar-refractivity contribution in [2.45, 2.75) is 38.9 Å². The molecule has 1 amide bonds. The van der Waals surface area contributed by atoms with Crippen molar-refractivity contribution in [2.24, 2.45) is 0 Å². The van der Waals surface area contributed by atoms with E-state index in [1.165, 1.54) is 11.8 Å². The number of aromatic nitrogens is 3. The average molecular weight is 439 g/mol. The molecule has 0 unspecified atom stereocenters. The van der Waals surface area contributed by atoms with Gasteiger partial charge in [-0.2, -0.15) is 0 Å². The molecule has 162 valence electrons. The van der Waals surface area contributed by atoms with Crippen molar-refractivity contribution in [1.82, 2.24) is 14.8 Å². The first-order chi connectivity index (χ1) is 15.1. The quantitative estimate of drug-likeness (QED) is 0.572. The summed E-state index contributed by atoms with van der Waals surface area (Å²) in [6.07, 6.45) is 0.861. The molecule has 0 aliphatic carbocycles. The van der Waals surface area contributed by atoms with E-state index in [4.69, 9.17) is 9.47 Å². The normalized spacial score (nSPS) is 13.0. The number of thioether (sulfide) groups is 1. The molecule has 0 spiro atoms. The molecule has 31 heavy (non-hydrogen) atoms. The number of hydrogen-bond donors (Lipinski definition) is 1. The lowest BCUT2D eigenvalue weighted by Gasteiger charge is -2.12. The summed E-state index contributed by atoms with van der Waals surface area (Å²) in [5.74, 6) is 2.41. The number of nitrogens with one attached hydrogen (secondary N) is 1. The van der Waals surface area contributed by atoms with Gasteiger partial charge in [-0.25, -0.2) is 0 Å². The Balaban J connectivity index is 1.49. The van der Waals surface area contributed by atoms with Gasteiger partial charge < -0.3 is 19.4 Å². The molecular weight excluding hydrogens is 412 g/mol. The average Bonchev–Trinajstić information content (AvgIpc) is 3.03. The van der Waals surface area contributed by atoms with Gasteiger partial charge in [0.1, 0.15) is 0 Å². The van der Waals surface area contributed by atoms with Gasteiger partial charge in [0.15, 0.2) is 22.5 Å². The monoisotopic (exact) mass is 438 g/mol. The van der Waals surface area contributed by atoms with Crippen molar-refractivity contribution in [3.05, 3.63) is 47.5 Å². The number of nitrogens with zero attached hydrogens (tertiary/aromatic N) is 3. The van der Waals surface area contributed by atoms with Crippen molar-refractivity contribution >= 4 is 23.4 Å². The molecule has 0 atom stereocenters. The van der Waals surface area contributed by atoms with E-state index in [2.05, 4.69) is 15.5 Å². The van der Waals surface area contributed by atoms with Gasteiger partial charge in [0, 0.05) is 24.2 Å². The smallest absolute Gasteiger partial charge is 0.234 e. The Morgan fingerprint density at radius 3 is 2.58 bits per heavy atom. The predicted molar refractivity (Wildman–Crippen MR) is 122 cm³/mol. The van der Waals surface area contributed by atoms with E-state index in [9.17, 15) is 4.79 Å². The van der Waals surface area contributed by atoms with E-state index in [1.54, 1.807) is 0 Å². The second kappa shape index (κ2) is 9.43. The highest BCUT2D eigenvalue weighted by Gasteiger charge is 2.18. The molecule has 7 nitrogen and oxygen atoms in total. The first-order valence-corrected chi connectivity index (χ1v) is 11.4. The predicted octanol–water partition coefficient (Wildman–Crippen LogP) is 4.47. The lowest BCUT2D eigenvalue weighted by atomic mass is 10.1. The third-order valence-electron chi connectivity index (χ3n) is 5.12. The molecule has 2 aromatic carbocycles. The zero-order valence-corrected chi connectivity index (χ0v) is 18.8. The number of carbonyl (C=O) groups is 1. The minimum Gasteiger partial charge on any atom is -0.490 e. The maximum Gasteiger partial charge on any atom is 0.234 e. The SMILES string of the molecule is CCn1c(SCC(=O)Nc2c(C)cccc2C)nnc1-c1ccc2c(c1)OCCCO2. The zero-order chi connectivity index (χ0) is 21.8. The standard InChI is InChI=1S/C23H26N4O3S/c1-4-27-22(17-9-10-18-19(13-17)30-12-6-11-29-18)25-26-23(27)31-14-20(28)24-21-15(2)7-5-8-16(21)3/h5,7-10,13H,4,6,11-12,14H2,1-3H3,(H,24,28). The van der Waals surface area contributed by atoms with Crippen LogP contribution in [0.15, 0.2) is 41.6 Å². The van der Waals surface area contributed by atoms with Crippen LogP contribution < -0.4 is 14.8 Å². The summed E-state index contributed by atoms with van der Waals surface area (Å²) < 4.78 is 13.5. The van der Waals surface area contributed by atoms with Gasteiger partial charge in [-0.15, -0.1) is 10.2 Å². The summed E-state index contributed by atoms with van der Waals surface area (Å²) in [6.45, 7) is 8.00. The fourth-order valence-corrected chi connectivity index (χ4v) is 4.32. The Hall–Kier alpha value is -3.00. The second-order valence-corrected chi connectivity index (χ2v) is 8.31. The molecule has 0 bridgehead atoms. The maximum absolute atomic E-state index is 12.5. The number of aryl methyl sites for hydroxylation is 2.